The Balaban J connectivity index is 1.39. The zero-order valence-electron chi connectivity index (χ0n) is 14.3. The van der Waals surface area contributed by atoms with Crippen molar-refractivity contribution in [2.75, 3.05) is 26.7 Å². The van der Waals surface area contributed by atoms with Crippen LogP contribution in [0.4, 0.5) is 0 Å². The highest BCUT2D eigenvalue weighted by molar-refractivity contribution is 5.79. The summed E-state index contributed by atoms with van der Waals surface area (Å²) < 4.78 is 7.63. The molecule has 7 heteroatoms. The number of aryl methyl sites for hydroxylation is 1. The number of aromatic nitrogens is 2. The molecule has 2 aliphatic heterocycles. The van der Waals surface area contributed by atoms with Crippen molar-refractivity contribution in [2.24, 2.45) is 0 Å². The van der Waals surface area contributed by atoms with Crippen LogP contribution in [0.25, 0.3) is 11.0 Å². The second-order valence-electron chi connectivity index (χ2n) is 6.73. The largest absolute Gasteiger partial charge is 0.366 e. The molecule has 2 aromatic rings. The van der Waals surface area contributed by atoms with Gasteiger partial charge < -0.3 is 19.1 Å². The lowest BCUT2D eigenvalue weighted by atomic mass is 9.99. The van der Waals surface area contributed by atoms with E-state index in [0.717, 1.165) is 17.5 Å². The fraction of sp³-hybridized carbons (Fsp3) is 0.500. The van der Waals surface area contributed by atoms with E-state index < -0.39 is 0 Å². The zero-order chi connectivity index (χ0) is 17.4. The number of para-hydroxylation sites is 2. The smallest absolute Gasteiger partial charge is 0.248 e. The third-order valence-electron chi connectivity index (χ3n) is 5.28. The first-order valence-corrected chi connectivity index (χ1v) is 8.68. The number of carbonyl (C=O) groups excluding carboxylic acids is 2. The van der Waals surface area contributed by atoms with Crippen molar-refractivity contribution in [2.45, 2.75) is 31.5 Å². The van der Waals surface area contributed by atoms with Crippen molar-refractivity contribution in [3.8, 4) is 0 Å². The lowest BCUT2D eigenvalue weighted by Gasteiger charge is -2.45. The number of benzene rings is 1. The second-order valence-corrected chi connectivity index (χ2v) is 6.73. The summed E-state index contributed by atoms with van der Waals surface area (Å²) >= 11 is 0. The van der Waals surface area contributed by atoms with Gasteiger partial charge in [-0.2, -0.15) is 0 Å². The molecule has 3 heterocycles. The highest BCUT2D eigenvalue weighted by atomic mass is 16.5. The molecule has 0 N–H and O–H groups in total. The van der Waals surface area contributed by atoms with E-state index >= 15 is 0 Å². The maximum absolute atomic E-state index is 12.6. The first-order chi connectivity index (χ1) is 12.1. The summed E-state index contributed by atoms with van der Waals surface area (Å²) in [4.78, 5) is 32.4. The van der Waals surface area contributed by atoms with Crippen molar-refractivity contribution < 1.29 is 14.3 Å². The molecular formula is C18H22N4O3. The second kappa shape index (κ2) is 6.48. The third-order valence-corrected chi connectivity index (χ3v) is 5.28. The number of piperidine rings is 1. The van der Waals surface area contributed by atoms with Crippen molar-refractivity contribution in [3.63, 3.8) is 0 Å². The number of morpholine rings is 1. The zero-order valence-corrected chi connectivity index (χ0v) is 14.3. The molecule has 0 unspecified atom stereocenters. The van der Waals surface area contributed by atoms with Gasteiger partial charge in [0.2, 0.25) is 11.8 Å². The molecule has 0 bridgehead atoms. The normalized spacial score (nSPS) is 23.8. The number of ether oxygens (including phenoxy) is 1. The van der Waals surface area contributed by atoms with E-state index in [9.17, 15) is 9.59 Å². The van der Waals surface area contributed by atoms with E-state index in [2.05, 4.69) is 4.98 Å². The number of carbonyl (C=O) groups is 2. The number of likely N-dealkylation sites (N-methyl/N-ethyl adjacent to an activating group) is 1. The predicted octanol–water partition coefficient (Wildman–Crippen LogP) is 0.884. The van der Waals surface area contributed by atoms with Crippen LogP contribution in [-0.4, -0.2) is 70.1 Å². The van der Waals surface area contributed by atoms with Crippen molar-refractivity contribution >= 4 is 22.8 Å². The van der Waals surface area contributed by atoms with Gasteiger partial charge >= 0.3 is 0 Å². The molecule has 2 atom stereocenters. The van der Waals surface area contributed by atoms with Gasteiger partial charge in [-0.3, -0.25) is 9.59 Å². The van der Waals surface area contributed by atoms with E-state index in [-0.39, 0.29) is 30.6 Å². The molecule has 25 heavy (non-hydrogen) atoms. The summed E-state index contributed by atoms with van der Waals surface area (Å²) in [5, 5.41) is 0. The fourth-order valence-electron chi connectivity index (χ4n) is 3.73. The Labute approximate surface area is 146 Å². The highest BCUT2D eigenvalue weighted by Crippen LogP contribution is 2.23. The van der Waals surface area contributed by atoms with Gasteiger partial charge in [-0.15, -0.1) is 0 Å². The van der Waals surface area contributed by atoms with Crippen LogP contribution in [0.1, 0.15) is 12.8 Å². The lowest BCUT2D eigenvalue weighted by molar-refractivity contribution is -0.163. The molecule has 0 aliphatic carbocycles. The summed E-state index contributed by atoms with van der Waals surface area (Å²) in [5.41, 5.74) is 1.98. The summed E-state index contributed by atoms with van der Waals surface area (Å²) in [6, 6.07) is 7.88. The van der Waals surface area contributed by atoms with Gasteiger partial charge in [0.25, 0.3) is 0 Å². The molecule has 7 nitrogen and oxygen atoms in total. The number of fused-ring (bicyclic) bond motifs is 2. The first kappa shape index (κ1) is 16.1. The van der Waals surface area contributed by atoms with Gasteiger partial charge in [-0.05, 0) is 18.6 Å². The predicted molar refractivity (Wildman–Crippen MR) is 91.8 cm³/mol. The summed E-state index contributed by atoms with van der Waals surface area (Å²) in [6.45, 7) is 2.00. The van der Waals surface area contributed by atoms with Crippen molar-refractivity contribution in [3.05, 3.63) is 30.6 Å². The van der Waals surface area contributed by atoms with Gasteiger partial charge in [-0.1, -0.05) is 12.1 Å². The topological polar surface area (TPSA) is 67.7 Å². The average molecular weight is 342 g/mol. The van der Waals surface area contributed by atoms with Gasteiger partial charge in [0, 0.05) is 33.1 Å². The maximum Gasteiger partial charge on any atom is 0.248 e. The number of imidazole rings is 1. The Morgan fingerprint density at radius 3 is 3.08 bits per heavy atom. The quantitative estimate of drug-likeness (QED) is 0.831. The van der Waals surface area contributed by atoms with Crippen LogP contribution in [0, 0.1) is 0 Å². The molecule has 1 aromatic carbocycles. The van der Waals surface area contributed by atoms with Gasteiger partial charge in [-0.25, -0.2) is 4.98 Å². The van der Waals surface area contributed by atoms with Crippen LogP contribution in [-0.2, 0) is 20.9 Å². The number of likely N-dealkylation sites (tertiary alicyclic amines) is 1. The summed E-state index contributed by atoms with van der Waals surface area (Å²) in [5.74, 6) is 0.100. The van der Waals surface area contributed by atoms with Crippen molar-refractivity contribution in [1.29, 1.82) is 0 Å². The SMILES string of the molecule is CN1C(=O)CO[C@@H]2CCN(C(=O)CCn3cnc4ccccc43)C[C@@H]21. The Bertz CT molecular complexity index is 802. The van der Waals surface area contributed by atoms with E-state index in [4.69, 9.17) is 4.74 Å². The number of amides is 2. The fourth-order valence-corrected chi connectivity index (χ4v) is 3.73. The van der Waals surface area contributed by atoms with E-state index in [1.807, 2.05) is 33.7 Å². The molecule has 2 aliphatic rings. The number of hydrogen-bond donors (Lipinski definition) is 0. The van der Waals surface area contributed by atoms with Gasteiger partial charge in [0.05, 0.1) is 29.5 Å². The number of rotatable bonds is 3. The van der Waals surface area contributed by atoms with Gasteiger partial charge in [0.15, 0.2) is 0 Å². The van der Waals surface area contributed by atoms with Crippen LogP contribution in [0.3, 0.4) is 0 Å². The molecule has 2 amide bonds. The Morgan fingerprint density at radius 2 is 2.20 bits per heavy atom. The van der Waals surface area contributed by atoms with Crippen LogP contribution < -0.4 is 0 Å². The number of hydrogen-bond acceptors (Lipinski definition) is 4. The molecule has 1 aromatic heterocycles. The minimum atomic E-state index is -0.0342. The first-order valence-electron chi connectivity index (χ1n) is 8.68. The lowest BCUT2D eigenvalue weighted by Crippen LogP contribution is -2.61. The highest BCUT2D eigenvalue weighted by Gasteiger charge is 2.39. The van der Waals surface area contributed by atoms with E-state index in [1.54, 1.807) is 18.3 Å². The van der Waals surface area contributed by atoms with Crippen LogP contribution in [0.15, 0.2) is 30.6 Å². The summed E-state index contributed by atoms with van der Waals surface area (Å²) in [7, 11) is 1.80. The van der Waals surface area contributed by atoms with E-state index in [0.29, 0.717) is 26.1 Å². The van der Waals surface area contributed by atoms with Crippen LogP contribution >= 0.6 is 0 Å². The molecule has 0 spiro atoms. The maximum atomic E-state index is 12.6. The summed E-state index contributed by atoms with van der Waals surface area (Å²) in [6.07, 6.45) is 3.04. The number of nitrogens with zero attached hydrogens (tertiary/aromatic N) is 4. The molecule has 2 saturated heterocycles. The molecule has 0 saturated carbocycles. The molecule has 0 radical (unpaired) electrons. The Kier molecular flexibility index (Phi) is 4.17. The van der Waals surface area contributed by atoms with Crippen molar-refractivity contribution in [1.82, 2.24) is 19.4 Å². The Hall–Kier alpha value is -2.41. The van der Waals surface area contributed by atoms with Crippen LogP contribution in [0.2, 0.25) is 0 Å². The molecule has 2 fully saturated rings. The molecule has 132 valence electrons. The average Bonchev–Trinajstić information content (AvgIpc) is 3.06. The van der Waals surface area contributed by atoms with Crippen LogP contribution in [0.5, 0.6) is 0 Å². The minimum Gasteiger partial charge on any atom is -0.366 e. The third kappa shape index (κ3) is 3.00. The van der Waals surface area contributed by atoms with Gasteiger partial charge in [0.1, 0.15) is 6.61 Å². The molecule has 4 rings (SSSR count). The molecular weight excluding hydrogens is 320 g/mol. The van der Waals surface area contributed by atoms with E-state index in [1.165, 1.54) is 0 Å². The minimum absolute atomic E-state index is 0.0135. The standard InChI is InChI=1S/C18H22N4O3/c1-20-15-10-21(8-6-16(15)25-11-18(20)24)17(23)7-9-22-12-19-13-4-2-3-5-14(13)22/h2-5,12,15-16H,6-11H2,1H3/t15-,16+/m0/s1. The monoisotopic (exact) mass is 342 g/mol. The Morgan fingerprint density at radius 1 is 1.36 bits per heavy atom.